The first-order chi connectivity index (χ1) is 13.8. The van der Waals surface area contributed by atoms with Crippen LogP contribution in [0.15, 0.2) is 28.5 Å². The molecule has 158 valence electrons. The number of aromatic nitrogens is 1. The minimum atomic E-state index is -3.75. The van der Waals surface area contributed by atoms with E-state index in [0.717, 1.165) is 30.0 Å². The zero-order valence-electron chi connectivity index (χ0n) is 17.0. The number of nitrogens with one attached hydrogen (secondary N) is 1. The summed E-state index contributed by atoms with van der Waals surface area (Å²) in [6, 6.07) is 4.47. The van der Waals surface area contributed by atoms with E-state index in [-0.39, 0.29) is 22.6 Å². The van der Waals surface area contributed by atoms with E-state index in [9.17, 15) is 13.2 Å². The first-order valence-corrected chi connectivity index (χ1v) is 12.0. The lowest BCUT2D eigenvalue weighted by Crippen LogP contribution is -2.42. The maximum atomic E-state index is 13.3. The highest BCUT2D eigenvalue weighted by molar-refractivity contribution is 7.89. The van der Waals surface area contributed by atoms with Gasteiger partial charge in [-0.3, -0.25) is 4.79 Å². The Morgan fingerprint density at radius 1 is 1.38 bits per heavy atom. The molecule has 0 radical (unpaired) electrons. The van der Waals surface area contributed by atoms with E-state index in [1.807, 2.05) is 19.2 Å². The standard InChI is InChI=1S/C20H27N3O4S2/c1-14-6-4-5-11-23(14)29(25,26)19-12-16(7-8-18(19)27-3)20(24)21-10-9-17-13-28-15(2)22-17/h7-8,12-14H,4-6,9-11H2,1-3H3,(H,21,24)/t14-/m0/s1. The second-order valence-corrected chi connectivity index (χ2v) is 10.1. The van der Waals surface area contributed by atoms with Gasteiger partial charge in [0.25, 0.3) is 5.91 Å². The lowest BCUT2D eigenvalue weighted by Gasteiger charge is -2.32. The molecule has 2 aromatic rings. The molecule has 29 heavy (non-hydrogen) atoms. The Morgan fingerprint density at radius 3 is 2.83 bits per heavy atom. The summed E-state index contributed by atoms with van der Waals surface area (Å²) in [4.78, 5) is 17.0. The molecule has 3 rings (SSSR count). The first-order valence-electron chi connectivity index (χ1n) is 9.72. The topological polar surface area (TPSA) is 88.6 Å². The minimum absolute atomic E-state index is 0.0385. The Kier molecular flexibility index (Phi) is 6.92. The van der Waals surface area contributed by atoms with Crippen LogP contribution in [0.4, 0.5) is 0 Å². The number of amides is 1. The van der Waals surface area contributed by atoms with Gasteiger partial charge in [0.1, 0.15) is 10.6 Å². The van der Waals surface area contributed by atoms with Crippen molar-refractivity contribution < 1.29 is 17.9 Å². The Hall–Kier alpha value is -1.97. The molecule has 1 atom stereocenters. The van der Waals surface area contributed by atoms with Gasteiger partial charge in [-0.2, -0.15) is 4.31 Å². The number of nitrogens with zero attached hydrogens (tertiary/aromatic N) is 2. The van der Waals surface area contributed by atoms with Gasteiger partial charge in [-0.05, 0) is 44.9 Å². The normalized spacial score (nSPS) is 17.8. The lowest BCUT2D eigenvalue weighted by atomic mass is 10.1. The zero-order valence-corrected chi connectivity index (χ0v) is 18.6. The van der Waals surface area contributed by atoms with Gasteiger partial charge in [0.05, 0.1) is 17.8 Å². The van der Waals surface area contributed by atoms with E-state index in [0.29, 0.717) is 25.1 Å². The summed E-state index contributed by atoms with van der Waals surface area (Å²) in [6.07, 6.45) is 3.31. The number of aryl methyl sites for hydroxylation is 1. The summed E-state index contributed by atoms with van der Waals surface area (Å²) in [5.41, 5.74) is 1.23. The number of ether oxygens (including phenoxy) is 1. The van der Waals surface area contributed by atoms with Gasteiger partial charge in [0, 0.05) is 36.5 Å². The summed E-state index contributed by atoms with van der Waals surface area (Å²) >= 11 is 1.57. The van der Waals surface area contributed by atoms with Crippen LogP contribution in [-0.2, 0) is 16.4 Å². The fourth-order valence-electron chi connectivity index (χ4n) is 3.50. The molecule has 7 nitrogen and oxygen atoms in total. The number of carbonyl (C=O) groups excluding carboxylic acids is 1. The van der Waals surface area contributed by atoms with Crippen LogP contribution in [0, 0.1) is 6.92 Å². The van der Waals surface area contributed by atoms with E-state index in [2.05, 4.69) is 10.3 Å². The van der Waals surface area contributed by atoms with Crippen LogP contribution < -0.4 is 10.1 Å². The number of rotatable bonds is 7. The molecule has 1 aromatic carbocycles. The highest BCUT2D eigenvalue weighted by Crippen LogP contribution is 2.31. The fraction of sp³-hybridized carbons (Fsp3) is 0.500. The summed E-state index contributed by atoms with van der Waals surface area (Å²) < 4.78 is 33.3. The third kappa shape index (κ3) is 4.96. The molecule has 1 N–H and O–H groups in total. The van der Waals surface area contributed by atoms with Crippen LogP contribution in [0.3, 0.4) is 0 Å². The van der Waals surface area contributed by atoms with Gasteiger partial charge >= 0.3 is 0 Å². The summed E-state index contributed by atoms with van der Waals surface area (Å²) in [5, 5.41) is 5.80. The molecule has 0 saturated carbocycles. The van der Waals surface area contributed by atoms with Crippen molar-refractivity contribution in [2.24, 2.45) is 0 Å². The second-order valence-electron chi connectivity index (χ2n) is 7.19. The van der Waals surface area contributed by atoms with Gasteiger partial charge in [0.2, 0.25) is 10.0 Å². The number of benzene rings is 1. The van der Waals surface area contributed by atoms with E-state index < -0.39 is 10.0 Å². The third-order valence-electron chi connectivity index (χ3n) is 5.09. The van der Waals surface area contributed by atoms with Crippen molar-refractivity contribution in [3.05, 3.63) is 39.8 Å². The van der Waals surface area contributed by atoms with Gasteiger partial charge in [-0.25, -0.2) is 13.4 Å². The largest absolute Gasteiger partial charge is 0.495 e. The number of carbonyl (C=O) groups is 1. The van der Waals surface area contributed by atoms with E-state index in [1.54, 1.807) is 23.5 Å². The molecule has 0 unspecified atom stereocenters. The van der Waals surface area contributed by atoms with Crippen molar-refractivity contribution in [1.29, 1.82) is 0 Å². The van der Waals surface area contributed by atoms with Crippen LogP contribution in [0.5, 0.6) is 5.75 Å². The number of sulfonamides is 1. The molecule has 1 aliphatic rings. The number of hydrogen-bond donors (Lipinski definition) is 1. The molecule has 2 heterocycles. The monoisotopic (exact) mass is 437 g/mol. The molecule has 1 fully saturated rings. The van der Waals surface area contributed by atoms with Crippen molar-refractivity contribution in [1.82, 2.24) is 14.6 Å². The van der Waals surface area contributed by atoms with Gasteiger partial charge < -0.3 is 10.1 Å². The van der Waals surface area contributed by atoms with E-state index >= 15 is 0 Å². The predicted molar refractivity (Wildman–Crippen MR) is 113 cm³/mol. The number of hydrogen-bond acceptors (Lipinski definition) is 6. The van der Waals surface area contributed by atoms with Crippen molar-refractivity contribution in [2.45, 2.75) is 50.5 Å². The van der Waals surface area contributed by atoms with Gasteiger partial charge in [-0.1, -0.05) is 6.42 Å². The molecule has 0 spiro atoms. The van der Waals surface area contributed by atoms with Crippen molar-refractivity contribution in [2.75, 3.05) is 20.2 Å². The highest BCUT2D eigenvalue weighted by atomic mass is 32.2. The summed E-state index contributed by atoms with van der Waals surface area (Å²) in [7, 11) is -2.32. The van der Waals surface area contributed by atoms with Crippen LogP contribution >= 0.6 is 11.3 Å². The Bertz CT molecular complexity index is 972. The molecular formula is C20H27N3O4S2. The Morgan fingerprint density at radius 2 is 2.17 bits per heavy atom. The van der Waals surface area contributed by atoms with Gasteiger partial charge in [-0.15, -0.1) is 11.3 Å². The molecule has 0 aliphatic carbocycles. The number of thiazole rings is 1. The smallest absolute Gasteiger partial charge is 0.251 e. The molecule has 9 heteroatoms. The van der Waals surface area contributed by atoms with Crippen LogP contribution in [0.1, 0.15) is 47.2 Å². The fourth-order valence-corrected chi connectivity index (χ4v) is 6.03. The number of methoxy groups -OCH3 is 1. The maximum absolute atomic E-state index is 13.3. The quantitative estimate of drug-likeness (QED) is 0.719. The third-order valence-corrected chi connectivity index (χ3v) is 7.94. The SMILES string of the molecule is COc1ccc(C(=O)NCCc2csc(C)n2)cc1S(=O)(=O)N1CCCC[C@@H]1C. The molecule has 1 aromatic heterocycles. The zero-order chi connectivity index (χ0) is 21.0. The molecule has 1 amide bonds. The average Bonchev–Trinajstić information content (AvgIpc) is 3.12. The van der Waals surface area contributed by atoms with Crippen LogP contribution in [-0.4, -0.2) is 49.9 Å². The predicted octanol–water partition coefficient (Wildman–Crippen LogP) is 3.00. The van der Waals surface area contributed by atoms with Crippen molar-refractivity contribution in [3.63, 3.8) is 0 Å². The second kappa shape index (κ2) is 9.23. The summed E-state index contributed by atoms with van der Waals surface area (Å²) in [6.45, 7) is 4.77. The summed E-state index contributed by atoms with van der Waals surface area (Å²) in [5.74, 6) is -0.0694. The van der Waals surface area contributed by atoms with E-state index in [1.165, 1.54) is 17.5 Å². The highest BCUT2D eigenvalue weighted by Gasteiger charge is 2.33. The van der Waals surface area contributed by atoms with E-state index in [4.69, 9.17) is 4.74 Å². The van der Waals surface area contributed by atoms with Crippen molar-refractivity contribution >= 4 is 27.3 Å². The molecular weight excluding hydrogens is 410 g/mol. The molecule has 1 saturated heterocycles. The Balaban J connectivity index is 1.78. The molecule has 1 aliphatic heterocycles. The average molecular weight is 438 g/mol. The lowest BCUT2D eigenvalue weighted by molar-refractivity contribution is 0.0954. The van der Waals surface area contributed by atoms with Crippen LogP contribution in [0.25, 0.3) is 0 Å². The first kappa shape index (κ1) is 21.7. The maximum Gasteiger partial charge on any atom is 0.251 e. The molecule has 0 bridgehead atoms. The van der Waals surface area contributed by atoms with Crippen LogP contribution in [0.2, 0.25) is 0 Å². The van der Waals surface area contributed by atoms with Gasteiger partial charge in [0.15, 0.2) is 0 Å². The Labute approximate surface area is 176 Å². The van der Waals surface area contributed by atoms with Crippen molar-refractivity contribution in [3.8, 4) is 5.75 Å². The minimum Gasteiger partial charge on any atom is -0.495 e. The number of piperidine rings is 1.